The minimum Gasteiger partial charge on any atom is -0.494 e. The van der Waals surface area contributed by atoms with Crippen molar-refractivity contribution in [1.29, 1.82) is 0 Å². The largest absolute Gasteiger partial charge is 0.494 e. The molecule has 3 aromatic rings. The highest BCUT2D eigenvalue weighted by molar-refractivity contribution is 8.00. The second-order valence-electron chi connectivity index (χ2n) is 4.57. The van der Waals surface area contributed by atoms with E-state index in [0.29, 0.717) is 17.3 Å². The van der Waals surface area contributed by atoms with Crippen LogP contribution < -0.4 is 10.1 Å². The fourth-order valence-electron chi connectivity index (χ4n) is 1.98. The van der Waals surface area contributed by atoms with Gasteiger partial charge in [0.1, 0.15) is 22.6 Å². The van der Waals surface area contributed by atoms with Crippen molar-refractivity contribution in [1.82, 2.24) is 19.9 Å². The number of H-pyrrole nitrogens is 1. The quantitative estimate of drug-likeness (QED) is 0.533. The molecule has 0 aliphatic rings. The van der Waals surface area contributed by atoms with Crippen LogP contribution in [0.4, 0.5) is 5.69 Å². The maximum atomic E-state index is 12.0. The number of hydrogen-bond donors (Lipinski definition) is 2. The maximum absolute atomic E-state index is 12.0. The van der Waals surface area contributed by atoms with Crippen molar-refractivity contribution in [2.24, 2.45) is 0 Å². The minimum atomic E-state index is -0.106. The van der Waals surface area contributed by atoms with Gasteiger partial charge in [0.25, 0.3) is 0 Å². The number of benzene rings is 1. The summed E-state index contributed by atoms with van der Waals surface area (Å²) in [6, 6.07) is 7.27. The van der Waals surface area contributed by atoms with Gasteiger partial charge in [-0.15, -0.1) is 0 Å². The molecule has 1 aromatic carbocycles. The highest BCUT2D eigenvalue weighted by Gasteiger charge is 2.09. The Bertz CT molecular complexity index is 803. The molecule has 2 aromatic heterocycles. The van der Waals surface area contributed by atoms with Gasteiger partial charge in [0, 0.05) is 5.69 Å². The lowest BCUT2D eigenvalue weighted by atomic mass is 10.3. The summed E-state index contributed by atoms with van der Waals surface area (Å²) in [5.41, 5.74) is 2.06. The molecule has 2 heterocycles. The minimum absolute atomic E-state index is 0.106. The maximum Gasteiger partial charge on any atom is 0.234 e. The summed E-state index contributed by atoms with van der Waals surface area (Å²) in [6.45, 7) is 2.54. The van der Waals surface area contributed by atoms with Gasteiger partial charge in [-0.2, -0.15) is 0 Å². The Hall–Kier alpha value is -2.61. The number of anilines is 1. The average Bonchev–Trinajstić information content (AvgIpc) is 3.04. The van der Waals surface area contributed by atoms with E-state index in [4.69, 9.17) is 4.74 Å². The molecule has 0 unspecified atom stereocenters. The van der Waals surface area contributed by atoms with Crippen LogP contribution in [0.5, 0.6) is 5.75 Å². The summed E-state index contributed by atoms with van der Waals surface area (Å²) < 4.78 is 5.36. The first kappa shape index (κ1) is 15.3. The number of carbonyl (C=O) groups excluding carboxylic acids is 1. The molecule has 0 fully saturated rings. The number of ether oxygens (including phenoxy) is 1. The van der Waals surface area contributed by atoms with Crippen molar-refractivity contribution in [3.05, 3.63) is 36.9 Å². The highest BCUT2D eigenvalue weighted by atomic mass is 32.2. The number of hydrogen-bond acceptors (Lipinski definition) is 6. The number of fused-ring (bicyclic) bond motifs is 1. The van der Waals surface area contributed by atoms with Crippen LogP contribution in [0.15, 0.2) is 41.9 Å². The van der Waals surface area contributed by atoms with E-state index in [0.717, 1.165) is 17.0 Å². The molecule has 0 aliphatic carbocycles. The summed E-state index contributed by atoms with van der Waals surface area (Å²) in [6.07, 6.45) is 3.00. The van der Waals surface area contributed by atoms with Gasteiger partial charge in [0.15, 0.2) is 5.65 Å². The second-order valence-corrected chi connectivity index (χ2v) is 5.54. The Morgan fingerprint density at radius 1 is 1.26 bits per heavy atom. The summed E-state index contributed by atoms with van der Waals surface area (Å²) >= 11 is 1.33. The van der Waals surface area contributed by atoms with Crippen LogP contribution in [0.25, 0.3) is 11.2 Å². The molecule has 2 N–H and O–H groups in total. The van der Waals surface area contributed by atoms with E-state index in [1.165, 1.54) is 18.1 Å². The summed E-state index contributed by atoms with van der Waals surface area (Å²) in [5, 5.41) is 3.54. The molecule has 118 valence electrons. The monoisotopic (exact) mass is 329 g/mol. The molecule has 23 heavy (non-hydrogen) atoms. The fraction of sp³-hybridized carbons (Fsp3) is 0.200. The van der Waals surface area contributed by atoms with E-state index in [1.807, 2.05) is 31.2 Å². The Labute approximate surface area is 136 Å². The standard InChI is InChI=1S/C15H15N5O2S/c1-2-22-11-5-3-10(4-6-11)20-12(21)7-23-15-13-14(17-8-16-13)18-9-19-15/h3-6,8-9H,2,7H2,1H3,(H,20,21)(H,16,17,18,19). The van der Waals surface area contributed by atoms with Crippen molar-refractivity contribution in [3.63, 3.8) is 0 Å². The number of thioether (sulfide) groups is 1. The molecule has 0 bridgehead atoms. The first-order valence-electron chi connectivity index (χ1n) is 7.06. The Morgan fingerprint density at radius 2 is 2.09 bits per heavy atom. The topological polar surface area (TPSA) is 92.8 Å². The third-order valence-electron chi connectivity index (χ3n) is 2.98. The van der Waals surface area contributed by atoms with Crippen LogP contribution in [0.1, 0.15) is 6.92 Å². The number of nitrogens with zero attached hydrogens (tertiary/aromatic N) is 3. The molecular formula is C15H15N5O2S. The van der Waals surface area contributed by atoms with Crippen LogP contribution in [0.3, 0.4) is 0 Å². The van der Waals surface area contributed by atoms with Gasteiger partial charge >= 0.3 is 0 Å². The van der Waals surface area contributed by atoms with Crippen molar-refractivity contribution < 1.29 is 9.53 Å². The van der Waals surface area contributed by atoms with E-state index < -0.39 is 0 Å². The van der Waals surface area contributed by atoms with Gasteiger partial charge in [0.2, 0.25) is 5.91 Å². The molecule has 0 saturated heterocycles. The number of nitrogens with one attached hydrogen (secondary N) is 2. The normalized spacial score (nSPS) is 10.7. The number of amides is 1. The van der Waals surface area contributed by atoms with E-state index in [9.17, 15) is 4.79 Å². The first-order chi connectivity index (χ1) is 11.3. The third kappa shape index (κ3) is 3.78. The van der Waals surface area contributed by atoms with Crippen molar-refractivity contribution >= 4 is 34.5 Å². The first-order valence-corrected chi connectivity index (χ1v) is 8.04. The molecule has 7 nitrogen and oxygen atoms in total. The molecule has 0 aliphatic heterocycles. The molecule has 1 amide bonds. The van der Waals surface area contributed by atoms with Gasteiger partial charge in [-0.1, -0.05) is 11.8 Å². The van der Waals surface area contributed by atoms with Gasteiger partial charge in [0.05, 0.1) is 18.7 Å². The molecule has 0 atom stereocenters. The van der Waals surface area contributed by atoms with Gasteiger partial charge in [-0.3, -0.25) is 4.79 Å². The predicted octanol–water partition coefficient (Wildman–Crippen LogP) is 2.48. The number of carbonyl (C=O) groups is 1. The van der Waals surface area contributed by atoms with Crippen LogP contribution >= 0.6 is 11.8 Å². The molecular weight excluding hydrogens is 314 g/mol. The second kappa shape index (κ2) is 7.10. The number of rotatable bonds is 6. The number of aromatic amines is 1. The molecule has 0 spiro atoms. The van der Waals surface area contributed by atoms with Gasteiger partial charge in [-0.05, 0) is 31.2 Å². The predicted molar refractivity (Wildman–Crippen MR) is 88.6 cm³/mol. The zero-order chi connectivity index (χ0) is 16.1. The Kier molecular flexibility index (Phi) is 4.72. The summed E-state index contributed by atoms with van der Waals surface area (Å²) in [5.74, 6) is 0.922. The average molecular weight is 329 g/mol. The van der Waals surface area contributed by atoms with Crippen LogP contribution in [-0.2, 0) is 4.79 Å². The van der Waals surface area contributed by atoms with Gasteiger partial charge in [-0.25, -0.2) is 15.0 Å². The zero-order valence-electron chi connectivity index (χ0n) is 12.4. The molecule has 0 radical (unpaired) electrons. The van der Waals surface area contributed by atoms with E-state index >= 15 is 0 Å². The molecule has 8 heteroatoms. The Balaban J connectivity index is 1.58. The molecule has 3 rings (SSSR count). The van der Waals surface area contributed by atoms with E-state index in [2.05, 4.69) is 25.3 Å². The lowest BCUT2D eigenvalue weighted by Crippen LogP contribution is -2.14. The Morgan fingerprint density at radius 3 is 2.87 bits per heavy atom. The fourth-order valence-corrected chi connectivity index (χ4v) is 2.74. The summed E-state index contributed by atoms with van der Waals surface area (Å²) in [7, 11) is 0. The van der Waals surface area contributed by atoms with Crippen LogP contribution in [-0.4, -0.2) is 38.2 Å². The van der Waals surface area contributed by atoms with Crippen molar-refractivity contribution in [2.75, 3.05) is 17.7 Å². The molecule has 0 saturated carbocycles. The zero-order valence-corrected chi connectivity index (χ0v) is 13.3. The number of imidazole rings is 1. The van der Waals surface area contributed by atoms with Crippen molar-refractivity contribution in [3.8, 4) is 5.75 Å². The number of aromatic nitrogens is 4. The highest BCUT2D eigenvalue weighted by Crippen LogP contribution is 2.22. The summed E-state index contributed by atoms with van der Waals surface area (Å²) in [4.78, 5) is 27.3. The smallest absolute Gasteiger partial charge is 0.234 e. The van der Waals surface area contributed by atoms with E-state index in [-0.39, 0.29) is 11.7 Å². The van der Waals surface area contributed by atoms with Crippen LogP contribution in [0, 0.1) is 0 Å². The third-order valence-corrected chi connectivity index (χ3v) is 3.97. The van der Waals surface area contributed by atoms with Crippen molar-refractivity contribution in [2.45, 2.75) is 11.9 Å². The lowest BCUT2D eigenvalue weighted by molar-refractivity contribution is -0.113. The van der Waals surface area contributed by atoms with E-state index in [1.54, 1.807) is 6.33 Å². The van der Waals surface area contributed by atoms with Crippen LogP contribution in [0.2, 0.25) is 0 Å². The lowest BCUT2D eigenvalue weighted by Gasteiger charge is -2.07. The van der Waals surface area contributed by atoms with Gasteiger partial charge < -0.3 is 15.0 Å². The SMILES string of the molecule is CCOc1ccc(NC(=O)CSc2ncnc3nc[nH]c23)cc1.